The van der Waals surface area contributed by atoms with Gasteiger partial charge in [-0.05, 0) is 0 Å². The summed E-state index contributed by atoms with van der Waals surface area (Å²) in [6.45, 7) is 3.17. The molecule has 0 spiro atoms. The van der Waals surface area contributed by atoms with Crippen LogP contribution in [0.1, 0.15) is 27.2 Å². The maximum atomic E-state index is 12.6. The molecule has 1 fully saturated rings. The maximum absolute atomic E-state index is 12.6. The molecule has 0 aromatic rings. The van der Waals surface area contributed by atoms with Crippen molar-refractivity contribution in [2.45, 2.75) is 51.9 Å². The second kappa shape index (κ2) is 5.77. The molecule has 0 bridgehead atoms. The van der Waals surface area contributed by atoms with Gasteiger partial charge in [0.25, 0.3) is 0 Å². The number of hydrogen-bond acceptors (Lipinski definition) is 5. The van der Waals surface area contributed by atoms with E-state index in [2.05, 4.69) is 0 Å². The Hall–Kier alpha value is -1.31. The van der Waals surface area contributed by atoms with E-state index in [1.807, 2.05) is 0 Å². The van der Waals surface area contributed by atoms with Crippen molar-refractivity contribution in [2.75, 3.05) is 0 Å². The average Bonchev–Trinajstić information content (AvgIpc) is 2.57. The molecule has 1 rings (SSSR count). The van der Waals surface area contributed by atoms with E-state index in [0.29, 0.717) is 0 Å². The first-order chi connectivity index (χ1) is 8.61. The van der Waals surface area contributed by atoms with Crippen molar-refractivity contribution in [2.24, 2.45) is 5.92 Å². The molecule has 4 atom stereocenters. The predicted octanol–water partition coefficient (Wildman–Crippen LogP) is 1.79. The second-order valence-electron chi connectivity index (χ2n) is 4.37. The van der Waals surface area contributed by atoms with Crippen LogP contribution in [0.5, 0.6) is 0 Å². The van der Waals surface area contributed by atoms with Crippen LogP contribution in [0.3, 0.4) is 0 Å². The van der Waals surface area contributed by atoms with E-state index in [4.69, 9.17) is 14.2 Å². The quantitative estimate of drug-likeness (QED) is 0.739. The van der Waals surface area contributed by atoms with E-state index >= 15 is 0 Å². The highest BCUT2D eigenvalue weighted by molar-refractivity contribution is 5.67. The zero-order chi connectivity index (χ0) is 14.8. The van der Waals surface area contributed by atoms with Gasteiger partial charge in [-0.15, -0.1) is 0 Å². The number of ether oxygens (including phenoxy) is 3. The van der Waals surface area contributed by atoms with Crippen molar-refractivity contribution in [1.29, 1.82) is 0 Å². The van der Waals surface area contributed by atoms with Gasteiger partial charge in [-0.2, -0.15) is 13.2 Å². The van der Waals surface area contributed by atoms with Crippen molar-refractivity contribution in [3.63, 3.8) is 0 Å². The minimum absolute atomic E-state index is 0.168. The SMILES string of the molecule is CC(=O)O[C@@H]1OC(C(C)C(F)(F)F)C[C@H]1OC(C)=O. The summed E-state index contributed by atoms with van der Waals surface area (Å²) in [4.78, 5) is 21.7. The summed E-state index contributed by atoms with van der Waals surface area (Å²) in [5.74, 6) is -3.14. The Morgan fingerprint density at radius 3 is 2.16 bits per heavy atom. The van der Waals surface area contributed by atoms with Gasteiger partial charge in [0.05, 0.1) is 12.0 Å². The van der Waals surface area contributed by atoms with Gasteiger partial charge in [-0.3, -0.25) is 9.59 Å². The van der Waals surface area contributed by atoms with Crippen molar-refractivity contribution < 1.29 is 37.0 Å². The first kappa shape index (κ1) is 15.7. The van der Waals surface area contributed by atoms with Crippen LogP contribution in [0, 0.1) is 5.92 Å². The van der Waals surface area contributed by atoms with Crippen LogP contribution in [0.4, 0.5) is 13.2 Å². The van der Waals surface area contributed by atoms with Crippen molar-refractivity contribution in [3.05, 3.63) is 0 Å². The molecule has 1 saturated heterocycles. The third-order valence-corrected chi connectivity index (χ3v) is 2.75. The highest BCUT2D eigenvalue weighted by atomic mass is 19.4. The number of halogens is 3. The fourth-order valence-electron chi connectivity index (χ4n) is 1.77. The Morgan fingerprint density at radius 2 is 1.74 bits per heavy atom. The van der Waals surface area contributed by atoms with Crippen LogP contribution in [0.2, 0.25) is 0 Å². The average molecular weight is 284 g/mol. The molecule has 0 aliphatic carbocycles. The molecule has 5 nitrogen and oxygen atoms in total. The fourth-order valence-corrected chi connectivity index (χ4v) is 1.77. The van der Waals surface area contributed by atoms with Gasteiger partial charge in [0.1, 0.15) is 0 Å². The molecule has 19 heavy (non-hydrogen) atoms. The molecule has 0 amide bonds. The minimum Gasteiger partial charge on any atom is -0.456 e. The van der Waals surface area contributed by atoms with Gasteiger partial charge in [0.2, 0.25) is 6.29 Å². The number of carbonyl (C=O) groups excluding carboxylic acids is 2. The van der Waals surface area contributed by atoms with Crippen LogP contribution < -0.4 is 0 Å². The largest absolute Gasteiger partial charge is 0.456 e. The van der Waals surface area contributed by atoms with Crippen molar-refractivity contribution in [1.82, 2.24) is 0 Å². The van der Waals surface area contributed by atoms with Gasteiger partial charge in [-0.25, -0.2) is 0 Å². The standard InChI is InChI=1S/C11H15F3O5/c1-5(11(12,13)14)8-4-9(17-6(2)15)10(19-8)18-7(3)16/h5,8-10H,4H2,1-3H3/t5?,8?,9-,10-/m1/s1. The van der Waals surface area contributed by atoms with E-state index < -0.39 is 42.5 Å². The zero-order valence-corrected chi connectivity index (χ0v) is 10.7. The lowest BCUT2D eigenvalue weighted by atomic mass is 10.0. The highest BCUT2D eigenvalue weighted by Gasteiger charge is 2.49. The number of carbonyl (C=O) groups is 2. The molecule has 0 saturated carbocycles. The summed E-state index contributed by atoms with van der Waals surface area (Å²) in [5.41, 5.74) is 0. The number of rotatable bonds is 3. The summed E-state index contributed by atoms with van der Waals surface area (Å²) >= 11 is 0. The van der Waals surface area contributed by atoms with Crippen molar-refractivity contribution in [3.8, 4) is 0 Å². The van der Waals surface area contributed by atoms with Gasteiger partial charge in [0, 0.05) is 20.3 Å². The van der Waals surface area contributed by atoms with Crippen LogP contribution in [0.25, 0.3) is 0 Å². The lowest BCUT2D eigenvalue weighted by Gasteiger charge is -2.21. The molecule has 2 unspecified atom stereocenters. The fraction of sp³-hybridized carbons (Fsp3) is 0.818. The van der Waals surface area contributed by atoms with E-state index in [1.165, 1.54) is 0 Å². The second-order valence-corrected chi connectivity index (χ2v) is 4.37. The highest BCUT2D eigenvalue weighted by Crippen LogP contribution is 2.37. The first-order valence-electron chi connectivity index (χ1n) is 5.68. The molecule has 1 aliphatic heterocycles. The Bertz CT molecular complexity index is 331. The summed E-state index contributed by atoms with van der Waals surface area (Å²) in [5, 5.41) is 0. The maximum Gasteiger partial charge on any atom is 0.394 e. The van der Waals surface area contributed by atoms with E-state index in [1.54, 1.807) is 0 Å². The third kappa shape index (κ3) is 4.38. The molecular weight excluding hydrogens is 269 g/mol. The van der Waals surface area contributed by atoms with Crippen LogP contribution in [-0.2, 0) is 23.8 Å². The van der Waals surface area contributed by atoms with E-state index in [9.17, 15) is 22.8 Å². The topological polar surface area (TPSA) is 61.8 Å². The minimum atomic E-state index is -4.43. The van der Waals surface area contributed by atoms with E-state index in [0.717, 1.165) is 20.8 Å². The summed E-state index contributed by atoms with van der Waals surface area (Å²) in [7, 11) is 0. The monoisotopic (exact) mass is 284 g/mol. The molecule has 0 radical (unpaired) electrons. The summed E-state index contributed by atoms with van der Waals surface area (Å²) in [6.07, 6.45) is -8.13. The first-order valence-corrected chi connectivity index (χ1v) is 5.68. The normalized spacial score (nSPS) is 28.8. The lowest BCUT2D eigenvalue weighted by Crippen LogP contribution is -2.32. The zero-order valence-electron chi connectivity index (χ0n) is 10.7. The van der Waals surface area contributed by atoms with Gasteiger partial charge < -0.3 is 14.2 Å². The molecular formula is C11H15F3O5. The van der Waals surface area contributed by atoms with Crippen LogP contribution in [-0.4, -0.2) is 36.6 Å². The molecule has 0 aromatic carbocycles. The molecule has 0 N–H and O–H groups in total. The van der Waals surface area contributed by atoms with Crippen molar-refractivity contribution >= 4 is 11.9 Å². The van der Waals surface area contributed by atoms with E-state index in [-0.39, 0.29) is 6.42 Å². The predicted molar refractivity (Wildman–Crippen MR) is 55.8 cm³/mol. The van der Waals surface area contributed by atoms with Crippen LogP contribution >= 0.6 is 0 Å². The molecule has 0 aromatic heterocycles. The molecule has 8 heteroatoms. The number of alkyl halides is 3. The van der Waals surface area contributed by atoms with Gasteiger partial charge in [-0.1, -0.05) is 6.92 Å². The van der Waals surface area contributed by atoms with Gasteiger partial charge >= 0.3 is 18.1 Å². The Balaban J connectivity index is 2.75. The summed E-state index contributed by atoms with van der Waals surface area (Å²) in [6, 6.07) is 0. The summed E-state index contributed by atoms with van der Waals surface area (Å²) < 4.78 is 52.3. The molecule has 1 heterocycles. The Labute approximate surface area is 108 Å². The number of esters is 2. The van der Waals surface area contributed by atoms with Gasteiger partial charge in [0.15, 0.2) is 6.10 Å². The molecule has 1 aliphatic rings. The molecule has 110 valence electrons. The Morgan fingerprint density at radius 1 is 1.21 bits per heavy atom. The number of hydrogen-bond donors (Lipinski definition) is 0. The Kier molecular flexibility index (Phi) is 4.78. The smallest absolute Gasteiger partial charge is 0.394 e. The third-order valence-electron chi connectivity index (χ3n) is 2.75. The van der Waals surface area contributed by atoms with Crippen LogP contribution in [0.15, 0.2) is 0 Å². The lowest BCUT2D eigenvalue weighted by molar-refractivity contribution is -0.223.